The highest BCUT2D eigenvalue weighted by molar-refractivity contribution is 7.96. The molecule has 0 N–H and O–H groups in total. The van der Waals surface area contributed by atoms with Crippen molar-refractivity contribution in [2.75, 3.05) is 6.16 Å². The lowest BCUT2D eigenvalue weighted by Crippen LogP contribution is -2.35. The number of hydrogen-bond donors (Lipinski definition) is 0. The van der Waals surface area contributed by atoms with E-state index >= 15 is 0 Å². The summed E-state index contributed by atoms with van der Waals surface area (Å²) in [5.74, 6) is 0. The Hall–Kier alpha value is -4.13. The highest BCUT2D eigenvalue weighted by Crippen LogP contribution is 2.55. The third-order valence-corrected chi connectivity index (χ3v) is 10.9. The van der Waals surface area contributed by atoms with Gasteiger partial charge in [0.2, 0.25) is 0 Å². The van der Waals surface area contributed by atoms with Crippen LogP contribution in [-0.2, 0) is 0 Å². The molecule has 0 aliphatic rings. The van der Waals surface area contributed by atoms with Crippen LogP contribution in [0.5, 0.6) is 0 Å². The van der Waals surface area contributed by atoms with Gasteiger partial charge < -0.3 is 0 Å². The molecule has 37 heavy (non-hydrogen) atoms. The molecule has 5 aromatic carbocycles. The lowest BCUT2D eigenvalue weighted by Gasteiger charge is -2.27. The van der Waals surface area contributed by atoms with Crippen LogP contribution >= 0.6 is 7.26 Å². The zero-order valence-electron chi connectivity index (χ0n) is 21.0. The maximum atomic E-state index is 4.87. The van der Waals surface area contributed by atoms with Crippen molar-refractivity contribution >= 4 is 34.6 Å². The predicted molar refractivity (Wildman–Crippen MR) is 162 cm³/mol. The van der Waals surface area contributed by atoms with Gasteiger partial charge in [0.15, 0.2) is 0 Å². The summed E-state index contributed by atoms with van der Waals surface area (Å²) in [4.78, 5) is 0. The molecule has 3 heteroatoms. The van der Waals surface area contributed by atoms with Crippen molar-refractivity contribution in [3.63, 3.8) is 0 Å². The van der Waals surface area contributed by atoms with Crippen molar-refractivity contribution in [1.29, 1.82) is 0 Å². The average Bonchev–Trinajstić information content (AvgIpc) is 2.98. The number of rotatable bonds is 8. The first kappa shape index (κ1) is 24.6. The lowest BCUT2D eigenvalue weighted by atomic mass is 10.0. The Kier molecular flexibility index (Phi) is 7.79. The van der Waals surface area contributed by atoms with Gasteiger partial charge in [0, 0.05) is 11.1 Å². The first-order valence-electron chi connectivity index (χ1n) is 12.5. The number of nitrogens with zero attached hydrogens (tertiary/aromatic N) is 2. The molecule has 0 spiro atoms. The molecule has 0 fully saturated rings. The van der Waals surface area contributed by atoms with Gasteiger partial charge in [0.1, 0.15) is 35.0 Å². The molecule has 0 atom stereocenters. The molecule has 0 unspecified atom stereocenters. The van der Waals surface area contributed by atoms with Gasteiger partial charge in [-0.15, -0.1) is 5.10 Å². The molecule has 0 amide bonds. The Bertz CT molecular complexity index is 1330. The van der Waals surface area contributed by atoms with E-state index in [0.717, 1.165) is 28.7 Å². The molecule has 0 aromatic heterocycles. The summed E-state index contributed by atoms with van der Waals surface area (Å²) < 4.78 is 0. The van der Waals surface area contributed by atoms with Crippen LogP contribution in [0.2, 0.25) is 0 Å². The van der Waals surface area contributed by atoms with Gasteiger partial charge in [0.25, 0.3) is 0 Å². The molecular formula is C34H30N2P+. The topological polar surface area (TPSA) is 24.7 Å². The zero-order chi connectivity index (χ0) is 25.3. The molecule has 5 aromatic rings. The number of benzene rings is 5. The standard InChI is InChI=1S/C34H30N2P/c1-28(35-36-34(29-17-7-2-8-18-29)30-19-9-3-10-20-30)27-37(31-21-11-4-12-22-31,32-23-13-5-14-24-32)33-25-15-6-16-26-33/h2-26H,27H2,1H3/q+1/b35-28-. The van der Waals surface area contributed by atoms with Crippen LogP contribution in [0.15, 0.2) is 162 Å². The van der Waals surface area contributed by atoms with Gasteiger partial charge >= 0.3 is 0 Å². The maximum Gasteiger partial charge on any atom is 0.117 e. The Balaban J connectivity index is 1.64. The molecule has 0 saturated heterocycles. The van der Waals surface area contributed by atoms with E-state index in [1.165, 1.54) is 15.9 Å². The van der Waals surface area contributed by atoms with E-state index in [0.29, 0.717) is 0 Å². The van der Waals surface area contributed by atoms with E-state index in [1.54, 1.807) is 0 Å². The fourth-order valence-electron chi connectivity index (χ4n) is 4.75. The second-order valence-electron chi connectivity index (χ2n) is 8.99. The summed E-state index contributed by atoms with van der Waals surface area (Å²) in [6.45, 7) is 2.11. The minimum Gasteiger partial charge on any atom is -0.156 e. The second-order valence-corrected chi connectivity index (χ2v) is 12.5. The normalized spacial score (nSPS) is 11.6. The van der Waals surface area contributed by atoms with Crippen LogP contribution in [-0.4, -0.2) is 17.6 Å². The molecule has 0 aliphatic carbocycles. The SMILES string of the molecule is C/C(C[P+](c1ccccc1)(c1ccccc1)c1ccccc1)=N/N=C(c1ccccc1)c1ccccc1. The Morgan fingerprint density at radius 1 is 0.459 bits per heavy atom. The molecule has 2 nitrogen and oxygen atoms in total. The minimum absolute atomic E-state index is 0.811. The van der Waals surface area contributed by atoms with Crippen molar-refractivity contribution in [2.24, 2.45) is 10.2 Å². The largest absolute Gasteiger partial charge is 0.156 e. The smallest absolute Gasteiger partial charge is 0.117 e. The Morgan fingerprint density at radius 3 is 1.14 bits per heavy atom. The summed E-state index contributed by atoms with van der Waals surface area (Å²) in [5, 5.41) is 13.8. The van der Waals surface area contributed by atoms with Crippen LogP contribution in [0.25, 0.3) is 0 Å². The zero-order valence-corrected chi connectivity index (χ0v) is 21.9. The fourth-order valence-corrected chi connectivity index (χ4v) is 8.99. The summed E-state index contributed by atoms with van der Waals surface area (Å²) in [5.41, 5.74) is 4.00. The maximum absolute atomic E-state index is 4.87. The van der Waals surface area contributed by atoms with E-state index < -0.39 is 7.26 Å². The van der Waals surface area contributed by atoms with Crippen LogP contribution in [0.4, 0.5) is 0 Å². The molecule has 180 valence electrons. The van der Waals surface area contributed by atoms with E-state index in [9.17, 15) is 0 Å². The fraction of sp³-hybridized carbons (Fsp3) is 0.0588. The summed E-state index contributed by atoms with van der Waals surface area (Å²) in [7, 11) is -2.01. The van der Waals surface area contributed by atoms with Gasteiger partial charge in [-0.3, -0.25) is 0 Å². The predicted octanol–water partition coefficient (Wildman–Crippen LogP) is 6.89. The third-order valence-electron chi connectivity index (χ3n) is 6.47. The van der Waals surface area contributed by atoms with Gasteiger partial charge in [-0.1, -0.05) is 115 Å². The van der Waals surface area contributed by atoms with Crippen molar-refractivity contribution in [1.82, 2.24) is 0 Å². The monoisotopic (exact) mass is 497 g/mol. The minimum atomic E-state index is -2.01. The molecule has 5 rings (SSSR count). The van der Waals surface area contributed by atoms with Crippen LogP contribution in [0.1, 0.15) is 18.1 Å². The van der Waals surface area contributed by atoms with Crippen LogP contribution in [0, 0.1) is 0 Å². The van der Waals surface area contributed by atoms with Crippen molar-refractivity contribution in [2.45, 2.75) is 6.92 Å². The Morgan fingerprint density at radius 2 is 0.784 bits per heavy atom. The molecular weight excluding hydrogens is 467 g/mol. The Labute approximate surface area is 220 Å². The molecule has 0 radical (unpaired) electrons. The number of hydrogen-bond acceptors (Lipinski definition) is 2. The van der Waals surface area contributed by atoms with Gasteiger partial charge in [0.05, 0.1) is 5.71 Å². The van der Waals surface area contributed by atoms with E-state index in [4.69, 9.17) is 10.2 Å². The third kappa shape index (κ3) is 5.50. The second kappa shape index (κ2) is 11.7. The lowest BCUT2D eigenvalue weighted by molar-refractivity contribution is 1.22. The van der Waals surface area contributed by atoms with Crippen molar-refractivity contribution < 1.29 is 0 Å². The first-order chi connectivity index (χ1) is 18.3. The molecule has 0 bridgehead atoms. The van der Waals surface area contributed by atoms with E-state index in [2.05, 4.69) is 122 Å². The quantitative estimate of drug-likeness (QED) is 0.127. The van der Waals surface area contributed by atoms with Gasteiger partial charge in [-0.2, -0.15) is 5.10 Å². The molecule has 0 aliphatic heterocycles. The van der Waals surface area contributed by atoms with Crippen molar-refractivity contribution in [3.8, 4) is 0 Å². The molecule has 0 heterocycles. The first-order valence-corrected chi connectivity index (χ1v) is 14.5. The van der Waals surface area contributed by atoms with Crippen LogP contribution in [0.3, 0.4) is 0 Å². The van der Waals surface area contributed by atoms with E-state index in [-0.39, 0.29) is 0 Å². The van der Waals surface area contributed by atoms with Crippen molar-refractivity contribution in [3.05, 3.63) is 163 Å². The highest BCUT2D eigenvalue weighted by Gasteiger charge is 2.45. The summed E-state index contributed by atoms with van der Waals surface area (Å²) in [6.07, 6.45) is 0.811. The summed E-state index contributed by atoms with van der Waals surface area (Å²) >= 11 is 0. The highest BCUT2D eigenvalue weighted by atomic mass is 31.2. The molecule has 0 saturated carbocycles. The van der Waals surface area contributed by atoms with E-state index in [1.807, 2.05) is 36.4 Å². The van der Waals surface area contributed by atoms with Gasteiger partial charge in [-0.05, 0) is 43.3 Å². The van der Waals surface area contributed by atoms with Crippen LogP contribution < -0.4 is 15.9 Å². The van der Waals surface area contributed by atoms with Gasteiger partial charge in [-0.25, -0.2) is 0 Å². The average molecular weight is 498 g/mol. The summed E-state index contributed by atoms with van der Waals surface area (Å²) in [6, 6.07) is 53.3.